The van der Waals surface area contributed by atoms with E-state index in [1.54, 1.807) is 0 Å². The number of benzene rings is 1. The summed E-state index contributed by atoms with van der Waals surface area (Å²) in [5.41, 5.74) is 10.5. The fourth-order valence-electron chi connectivity index (χ4n) is 3.54. The molecule has 0 aliphatic heterocycles. The van der Waals surface area contributed by atoms with Crippen LogP contribution in [-0.4, -0.2) is 9.97 Å². The van der Waals surface area contributed by atoms with Gasteiger partial charge in [0.2, 0.25) is 5.95 Å². The van der Waals surface area contributed by atoms with Crippen molar-refractivity contribution in [2.24, 2.45) is 0 Å². The van der Waals surface area contributed by atoms with E-state index >= 15 is 0 Å². The van der Waals surface area contributed by atoms with E-state index in [0.29, 0.717) is 16.0 Å². The first-order valence-electron chi connectivity index (χ1n) is 7.56. The van der Waals surface area contributed by atoms with E-state index in [9.17, 15) is 0 Å². The molecule has 1 unspecified atom stereocenters. The third-order valence-corrected chi connectivity index (χ3v) is 5.36. The third kappa shape index (κ3) is 2.54. The predicted molar refractivity (Wildman–Crippen MR) is 93.9 cm³/mol. The number of aromatic nitrogens is 2. The molecule has 116 valence electrons. The van der Waals surface area contributed by atoms with Crippen molar-refractivity contribution in [2.45, 2.75) is 24.7 Å². The lowest BCUT2D eigenvalue weighted by Crippen LogP contribution is -2.23. The second-order valence-corrected chi connectivity index (χ2v) is 6.77. The summed E-state index contributed by atoms with van der Waals surface area (Å²) in [6.07, 6.45) is 10.1. The Kier molecular flexibility index (Phi) is 3.63. The van der Waals surface area contributed by atoms with Crippen LogP contribution in [0.5, 0.6) is 0 Å². The number of hydrogen-bond acceptors (Lipinski definition) is 3. The van der Waals surface area contributed by atoms with Gasteiger partial charge in [0, 0.05) is 18.0 Å². The Morgan fingerprint density at radius 3 is 2.83 bits per heavy atom. The Hall–Kier alpha value is -1.84. The molecule has 2 atom stereocenters. The fourth-order valence-corrected chi connectivity index (χ4v) is 3.85. The molecule has 1 aromatic heterocycles. The smallest absolute Gasteiger partial charge is 0.220 e. The van der Waals surface area contributed by atoms with E-state index in [1.807, 2.05) is 18.3 Å². The van der Waals surface area contributed by atoms with Gasteiger partial charge in [-0.2, -0.15) is 0 Å². The standard InChI is InChI=1S/C18H15Cl2N3/c19-15-6-5-10(8-16(15)20)14-7-11-9-22-18(21)23-17(11)13-4-2-1-3-12(13)14/h1-3,5-6,8-9,13-14H,4,7H2,(H2,21,22,23)/t13?,14-/m0/s1. The quantitative estimate of drug-likeness (QED) is 0.817. The fraction of sp³-hybridized carbons (Fsp3) is 0.222. The molecule has 0 radical (unpaired) electrons. The van der Waals surface area contributed by atoms with Crippen LogP contribution in [0.4, 0.5) is 5.95 Å². The van der Waals surface area contributed by atoms with Crippen LogP contribution in [0.25, 0.3) is 0 Å². The first-order chi connectivity index (χ1) is 11.1. The van der Waals surface area contributed by atoms with Crippen LogP contribution in [-0.2, 0) is 6.42 Å². The van der Waals surface area contributed by atoms with Gasteiger partial charge in [0.1, 0.15) is 0 Å². The minimum atomic E-state index is 0.258. The Morgan fingerprint density at radius 1 is 1.13 bits per heavy atom. The second kappa shape index (κ2) is 5.66. The topological polar surface area (TPSA) is 51.8 Å². The highest BCUT2D eigenvalue weighted by molar-refractivity contribution is 6.42. The highest BCUT2D eigenvalue weighted by Crippen LogP contribution is 2.47. The predicted octanol–water partition coefficient (Wildman–Crippen LogP) is 4.68. The van der Waals surface area contributed by atoms with Gasteiger partial charge in [0.25, 0.3) is 0 Å². The average Bonchev–Trinajstić information content (AvgIpc) is 2.57. The molecule has 0 spiro atoms. The molecule has 0 fully saturated rings. The van der Waals surface area contributed by atoms with Crippen molar-refractivity contribution in [1.82, 2.24) is 9.97 Å². The summed E-state index contributed by atoms with van der Waals surface area (Å²) in [6.45, 7) is 0. The molecular weight excluding hydrogens is 329 g/mol. The van der Waals surface area contributed by atoms with Crippen LogP contribution < -0.4 is 5.73 Å². The van der Waals surface area contributed by atoms with Gasteiger partial charge in [-0.3, -0.25) is 0 Å². The SMILES string of the molecule is Nc1ncc2c(n1)C1CC=CC=C1[C@H](c1ccc(Cl)c(Cl)c1)C2. The van der Waals surface area contributed by atoms with Crippen molar-refractivity contribution in [3.63, 3.8) is 0 Å². The van der Waals surface area contributed by atoms with E-state index in [-0.39, 0.29) is 11.8 Å². The molecule has 2 aromatic rings. The molecule has 1 aromatic carbocycles. The molecule has 5 heteroatoms. The van der Waals surface area contributed by atoms with Crippen molar-refractivity contribution >= 4 is 29.2 Å². The lowest BCUT2D eigenvalue weighted by Gasteiger charge is -2.35. The van der Waals surface area contributed by atoms with E-state index < -0.39 is 0 Å². The maximum atomic E-state index is 6.22. The third-order valence-electron chi connectivity index (χ3n) is 4.62. The number of nitrogen functional groups attached to an aromatic ring is 1. The molecule has 4 rings (SSSR count). The molecule has 3 nitrogen and oxygen atoms in total. The van der Waals surface area contributed by atoms with Crippen LogP contribution in [0.1, 0.15) is 35.1 Å². The van der Waals surface area contributed by atoms with Gasteiger partial charge in [-0.1, -0.05) is 53.1 Å². The molecule has 1 heterocycles. The molecule has 2 N–H and O–H groups in total. The Morgan fingerprint density at radius 2 is 2.00 bits per heavy atom. The van der Waals surface area contributed by atoms with Crippen LogP contribution in [0, 0.1) is 0 Å². The van der Waals surface area contributed by atoms with Crippen LogP contribution >= 0.6 is 23.2 Å². The zero-order chi connectivity index (χ0) is 16.0. The number of allylic oxidation sites excluding steroid dienone is 4. The van der Waals surface area contributed by atoms with Gasteiger partial charge in [-0.15, -0.1) is 0 Å². The van der Waals surface area contributed by atoms with Crippen molar-refractivity contribution in [3.05, 3.63) is 75.1 Å². The van der Waals surface area contributed by atoms with Gasteiger partial charge >= 0.3 is 0 Å². The zero-order valence-corrected chi connectivity index (χ0v) is 13.8. The highest BCUT2D eigenvalue weighted by Gasteiger charge is 2.34. The molecule has 2 aliphatic rings. The van der Waals surface area contributed by atoms with Gasteiger partial charge < -0.3 is 5.73 Å². The largest absolute Gasteiger partial charge is 0.368 e. The first kappa shape index (κ1) is 14.7. The summed E-state index contributed by atoms with van der Waals surface area (Å²) >= 11 is 12.3. The van der Waals surface area contributed by atoms with Crippen molar-refractivity contribution < 1.29 is 0 Å². The summed E-state index contributed by atoms with van der Waals surface area (Å²) in [4.78, 5) is 8.67. The summed E-state index contributed by atoms with van der Waals surface area (Å²) in [5, 5.41) is 1.17. The maximum Gasteiger partial charge on any atom is 0.220 e. The zero-order valence-electron chi connectivity index (χ0n) is 12.3. The van der Waals surface area contributed by atoms with Crippen molar-refractivity contribution in [3.8, 4) is 0 Å². The number of halogens is 2. The lowest BCUT2D eigenvalue weighted by atomic mass is 9.70. The van der Waals surface area contributed by atoms with Crippen molar-refractivity contribution in [2.75, 3.05) is 5.73 Å². The summed E-state index contributed by atoms with van der Waals surface area (Å²) in [7, 11) is 0. The van der Waals surface area contributed by atoms with Crippen LogP contribution in [0.15, 0.2) is 48.2 Å². The molecular formula is C18H15Cl2N3. The van der Waals surface area contributed by atoms with Gasteiger partial charge in [0.15, 0.2) is 0 Å². The monoisotopic (exact) mass is 343 g/mol. The van der Waals surface area contributed by atoms with E-state index in [2.05, 4.69) is 34.3 Å². The van der Waals surface area contributed by atoms with Crippen molar-refractivity contribution in [1.29, 1.82) is 0 Å². The maximum absolute atomic E-state index is 6.22. The minimum absolute atomic E-state index is 0.258. The number of fused-ring (bicyclic) bond motifs is 3. The number of rotatable bonds is 1. The van der Waals surface area contributed by atoms with Gasteiger partial charge in [0.05, 0.1) is 15.7 Å². The number of anilines is 1. The summed E-state index contributed by atoms with van der Waals surface area (Å²) in [6, 6.07) is 5.88. The molecule has 2 aliphatic carbocycles. The lowest BCUT2D eigenvalue weighted by molar-refractivity contribution is 0.604. The number of nitrogens with two attached hydrogens (primary N) is 1. The van der Waals surface area contributed by atoms with E-state index in [4.69, 9.17) is 28.9 Å². The minimum Gasteiger partial charge on any atom is -0.368 e. The summed E-state index contributed by atoms with van der Waals surface area (Å²) < 4.78 is 0. The molecule has 0 amide bonds. The van der Waals surface area contributed by atoms with Gasteiger partial charge in [-0.25, -0.2) is 9.97 Å². The van der Waals surface area contributed by atoms with E-state index in [0.717, 1.165) is 24.1 Å². The molecule has 23 heavy (non-hydrogen) atoms. The Balaban J connectivity index is 1.84. The Bertz CT molecular complexity index is 842. The molecule has 0 bridgehead atoms. The number of nitrogens with zero attached hydrogens (tertiary/aromatic N) is 2. The van der Waals surface area contributed by atoms with Gasteiger partial charge in [-0.05, 0) is 36.1 Å². The number of hydrogen-bond donors (Lipinski definition) is 1. The summed E-state index contributed by atoms with van der Waals surface area (Å²) in [5.74, 6) is 0.860. The molecule has 0 saturated heterocycles. The second-order valence-electron chi connectivity index (χ2n) is 5.95. The first-order valence-corrected chi connectivity index (χ1v) is 8.32. The van der Waals surface area contributed by atoms with E-state index in [1.165, 1.54) is 11.1 Å². The average molecular weight is 344 g/mol. The van der Waals surface area contributed by atoms with Crippen LogP contribution in [0.2, 0.25) is 10.0 Å². The molecule has 0 saturated carbocycles. The normalized spacial score (nSPS) is 22.3. The van der Waals surface area contributed by atoms with Crippen LogP contribution in [0.3, 0.4) is 0 Å². The Labute approximate surface area is 144 Å². The highest BCUT2D eigenvalue weighted by atomic mass is 35.5.